The van der Waals surface area contributed by atoms with Gasteiger partial charge in [0.1, 0.15) is 0 Å². The number of carbonyl (C=O) groups is 2. The summed E-state index contributed by atoms with van der Waals surface area (Å²) in [4.78, 5) is 47.0. The average molecular weight is 239 g/mol. The molecule has 17 heavy (non-hydrogen) atoms. The third-order valence-electron chi connectivity index (χ3n) is 2.24. The Morgan fingerprint density at radius 3 is 2.59 bits per heavy atom. The molecule has 0 aliphatic rings. The maximum absolute atomic E-state index is 11.7. The van der Waals surface area contributed by atoms with Gasteiger partial charge in [-0.15, -0.1) is 0 Å². The molecule has 0 radical (unpaired) electrons. The molecule has 1 rings (SSSR count). The highest BCUT2D eigenvalue weighted by Crippen LogP contribution is 1.92. The number of amides is 1. The molecule has 0 spiro atoms. The monoisotopic (exact) mass is 239 g/mol. The number of ketones is 1. The molecule has 0 saturated carbocycles. The summed E-state index contributed by atoms with van der Waals surface area (Å²) in [5.41, 5.74) is 3.61. The quantitative estimate of drug-likeness (QED) is 0.641. The van der Waals surface area contributed by atoms with Gasteiger partial charge in [-0.1, -0.05) is 0 Å². The van der Waals surface area contributed by atoms with E-state index in [1.165, 1.54) is 6.92 Å². The van der Waals surface area contributed by atoms with E-state index in [1.807, 2.05) is 0 Å². The Morgan fingerprint density at radius 2 is 2.06 bits per heavy atom. The SMILES string of the molecule is CC(=O)c1c[nH]c(=O)n(CCCC(N)=O)c1=O. The van der Waals surface area contributed by atoms with Crippen molar-refractivity contribution in [3.05, 3.63) is 32.6 Å². The Morgan fingerprint density at radius 1 is 1.41 bits per heavy atom. The van der Waals surface area contributed by atoms with Crippen molar-refractivity contribution in [2.24, 2.45) is 5.73 Å². The molecular weight excluding hydrogens is 226 g/mol. The molecule has 7 heteroatoms. The normalized spacial score (nSPS) is 10.2. The lowest BCUT2D eigenvalue weighted by Gasteiger charge is -2.04. The fourth-order valence-electron chi connectivity index (χ4n) is 1.38. The molecule has 0 bridgehead atoms. The summed E-state index contributed by atoms with van der Waals surface area (Å²) in [6.45, 7) is 1.29. The van der Waals surface area contributed by atoms with Crippen molar-refractivity contribution in [2.45, 2.75) is 26.3 Å². The summed E-state index contributed by atoms with van der Waals surface area (Å²) in [6.07, 6.45) is 1.45. The minimum atomic E-state index is -0.647. The van der Waals surface area contributed by atoms with Crippen molar-refractivity contribution >= 4 is 11.7 Å². The van der Waals surface area contributed by atoms with Crippen LogP contribution in [0.15, 0.2) is 15.8 Å². The van der Waals surface area contributed by atoms with Gasteiger partial charge < -0.3 is 10.7 Å². The maximum Gasteiger partial charge on any atom is 0.328 e. The van der Waals surface area contributed by atoms with Crippen LogP contribution < -0.4 is 17.0 Å². The third-order valence-corrected chi connectivity index (χ3v) is 2.24. The topological polar surface area (TPSA) is 115 Å². The highest BCUT2D eigenvalue weighted by Gasteiger charge is 2.10. The zero-order valence-electron chi connectivity index (χ0n) is 9.36. The zero-order chi connectivity index (χ0) is 13.0. The van der Waals surface area contributed by atoms with Crippen molar-refractivity contribution in [1.82, 2.24) is 9.55 Å². The van der Waals surface area contributed by atoms with Crippen LogP contribution >= 0.6 is 0 Å². The number of primary amides is 1. The van der Waals surface area contributed by atoms with Crippen molar-refractivity contribution in [1.29, 1.82) is 0 Å². The first-order chi connectivity index (χ1) is 7.93. The molecule has 0 fully saturated rings. The number of carbonyl (C=O) groups excluding carboxylic acids is 2. The van der Waals surface area contributed by atoms with Crippen LogP contribution in [-0.2, 0) is 11.3 Å². The summed E-state index contributed by atoms with van der Waals surface area (Å²) in [5, 5.41) is 0. The van der Waals surface area contributed by atoms with E-state index >= 15 is 0 Å². The molecule has 92 valence electrons. The largest absolute Gasteiger partial charge is 0.370 e. The predicted octanol–water partition coefficient (Wildman–Crippen LogP) is -0.995. The molecule has 1 amide bonds. The van der Waals surface area contributed by atoms with Crippen LogP contribution in [0.4, 0.5) is 0 Å². The minimum absolute atomic E-state index is 0.0538. The Balaban J connectivity index is 3.02. The van der Waals surface area contributed by atoms with Crippen LogP contribution in [0.3, 0.4) is 0 Å². The van der Waals surface area contributed by atoms with Crippen LogP contribution in [0.5, 0.6) is 0 Å². The Hall–Kier alpha value is -2.18. The smallest absolute Gasteiger partial charge is 0.328 e. The molecule has 1 aromatic rings. The number of aromatic amines is 1. The Kier molecular flexibility index (Phi) is 3.97. The average Bonchev–Trinajstić information content (AvgIpc) is 2.21. The molecule has 3 N–H and O–H groups in total. The lowest BCUT2D eigenvalue weighted by Crippen LogP contribution is -2.37. The first-order valence-corrected chi connectivity index (χ1v) is 5.05. The molecular formula is C10H13N3O4. The highest BCUT2D eigenvalue weighted by molar-refractivity contribution is 5.93. The number of hydrogen-bond acceptors (Lipinski definition) is 4. The Bertz CT molecular complexity index is 555. The second kappa shape index (κ2) is 5.24. The van der Waals surface area contributed by atoms with Crippen molar-refractivity contribution in [3.63, 3.8) is 0 Å². The second-order valence-electron chi connectivity index (χ2n) is 3.59. The molecule has 0 saturated heterocycles. The van der Waals surface area contributed by atoms with E-state index in [1.54, 1.807) is 0 Å². The van der Waals surface area contributed by atoms with Crippen LogP contribution in [-0.4, -0.2) is 21.2 Å². The number of nitrogens with zero attached hydrogens (tertiary/aromatic N) is 1. The van der Waals surface area contributed by atoms with Crippen molar-refractivity contribution < 1.29 is 9.59 Å². The lowest BCUT2D eigenvalue weighted by molar-refractivity contribution is -0.118. The number of hydrogen-bond donors (Lipinski definition) is 2. The standard InChI is InChI=1S/C10H13N3O4/c1-6(14)7-5-12-10(17)13(9(7)16)4-2-3-8(11)15/h5H,2-4H2,1H3,(H2,11,15)(H,12,17). The van der Waals surface area contributed by atoms with E-state index in [0.717, 1.165) is 10.8 Å². The Labute approximate surface area is 96.3 Å². The first kappa shape index (κ1) is 12.9. The molecule has 7 nitrogen and oxygen atoms in total. The zero-order valence-corrected chi connectivity index (χ0v) is 9.36. The predicted molar refractivity (Wildman–Crippen MR) is 59.8 cm³/mol. The summed E-state index contributed by atoms with van der Waals surface area (Å²) in [6, 6.07) is 0. The van der Waals surface area contributed by atoms with Gasteiger partial charge in [-0.2, -0.15) is 0 Å². The summed E-state index contributed by atoms with van der Waals surface area (Å²) >= 11 is 0. The molecule has 1 heterocycles. The van der Waals surface area contributed by atoms with Crippen LogP contribution in [0, 0.1) is 0 Å². The first-order valence-electron chi connectivity index (χ1n) is 5.05. The van der Waals surface area contributed by atoms with E-state index in [2.05, 4.69) is 4.98 Å². The van der Waals surface area contributed by atoms with Gasteiger partial charge in [0.25, 0.3) is 5.56 Å². The van der Waals surface area contributed by atoms with Gasteiger partial charge in [0, 0.05) is 19.2 Å². The van der Waals surface area contributed by atoms with E-state index in [-0.39, 0.29) is 24.9 Å². The van der Waals surface area contributed by atoms with Crippen molar-refractivity contribution in [2.75, 3.05) is 0 Å². The molecule has 1 aromatic heterocycles. The fraction of sp³-hybridized carbons (Fsp3) is 0.400. The van der Waals surface area contributed by atoms with Gasteiger partial charge in [0.15, 0.2) is 5.78 Å². The molecule has 0 aromatic carbocycles. The van der Waals surface area contributed by atoms with Gasteiger partial charge in [0.05, 0.1) is 5.56 Å². The van der Waals surface area contributed by atoms with Gasteiger partial charge >= 0.3 is 5.69 Å². The summed E-state index contributed by atoms with van der Waals surface area (Å²) < 4.78 is 0.889. The van der Waals surface area contributed by atoms with Gasteiger partial charge in [0.2, 0.25) is 5.91 Å². The number of nitrogens with one attached hydrogen (secondary N) is 1. The number of H-pyrrole nitrogens is 1. The summed E-state index contributed by atoms with van der Waals surface area (Å²) in [7, 11) is 0. The minimum Gasteiger partial charge on any atom is -0.370 e. The fourth-order valence-corrected chi connectivity index (χ4v) is 1.38. The van der Waals surface area contributed by atoms with Crippen LogP contribution in [0.1, 0.15) is 30.1 Å². The van der Waals surface area contributed by atoms with Gasteiger partial charge in [-0.3, -0.25) is 19.0 Å². The van der Waals surface area contributed by atoms with E-state index in [4.69, 9.17) is 5.73 Å². The van der Waals surface area contributed by atoms with E-state index in [9.17, 15) is 19.2 Å². The number of rotatable bonds is 5. The number of aromatic nitrogens is 2. The number of Topliss-reactive ketones (excluding diaryl/α,β-unsaturated/α-hetero) is 1. The number of nitrogens with two attached hydrogens (primary N) is 1. The summed E-state index contributed by atoms with van der Waals surface area (Å²) in [5.74, 6) is -0.924. The van der Waals surface area contributed by atoms with Gasteiger partial charge in [-0.25, -0.2) is 4.79 Å². The highest BCUT2D eigenvalue weighted by atomic mass is 16.2. The molecule has 0 aliphatic carbocycles. The lowest BCUT2D eigenvalue weighted by atomic mass is 10.2. The van der Waals surface area contributed by atoms with Crippen molar-refractivity contribution in [3.8, 4) is 0 Å². The second-order valence-corrected chi connectivity index (χ2v) is 3.59. The van der Waals surface area contributed by atoms with E-state index in [0.29, 0.717) is 0 Å². The maximum atomic E-state index is 11.7. The van der Waals surface area contributed by atoms with Crippen LogP contribution in [0.2, 0.25) is 0 Å². The molecule has 0 aliphatic heterocycles. The van der Waals surface area contributed by atoms with Crippen LogP contribution in [0.25, 0.3) is 0 Å². The third kappa shape index (κ3) is 3.13. The molecule has 0 unspecified atom stereocenters. The van der Waals surface area contributed by atoms with Gasteiger partial charge in [-0.05, 0) is 13.3 Å². The molecule has 0 atom stereocenters. The van der Waals surface area contributed by atoms with E-state index < -0.39 is 22.9 Å².